The van der Waals surface area contributed by atoms with E-state index in [9.17, 15) is 0 Å². The van der Waals surface area contributed by atoms with Gasteiger partial charge in [-0.2, -0.15) is 5.10 Å². The molecular weight excluding hydrogens is 214 g/mol. The number of rotatable bonds is 3. The summed E-state index contributed by atoms with van der Waals surface area (Å²) in [4.78, 5) is 4.00. The molecular formula is C13H13N3O. The minimum atomic E-state index is 0.915. The molecule has 2 heterocycles. The van der Waals surface area contributed by atoms with E-state index in [1.807, 2.05) is 18.2 Å². The molecule has 2 aromatic rings. The van der Waals surface area contributed by atoms with Gasteiger partial charge in [-0.25, -0.2) is 0 Å². The van der Waals surface area contributed by atoms with Crippen LogP contribution >= 0.6 is 0 Å². The fourth-order valence-electron chi connectivity index (χ4n) is 1.84. The second-order valence-electron chi connectivity index (χ2n) is 4.04. The van der Waals surface area contributed by atoms with Crippen LogP contribution in [0.2, 0.25) is 0 Å². The minimum Gasteiger partial charge on any atom is -0.495 e. The summed E-state index contributed by atoms with van der Waals surface area (Å²) < 4.78 is 5.41. The number of H-pyrrole nitrogens is 1. The number of allylic oxidation sites excluding steroid dienone is 1. The van der Waals surface area contributed by atoms with Gasteiger partial charge in [-0.1, -0.05) is 0 Å². The lowest BCUT2D eigenvalue weighted by Crippen LogP contribution is -1.87. The highest BCUT2D eigenvalue weighted by Crippen LogP contribution is 2.36. The molecule has 0 atom stereocenters. The molecule has 1 fully saturated rings. The zero-order valence-electron chi connectivity index (χ0n) is 9.60. The van der Waals surface area contributed by atoms with Crippen LogP contribution in [0, 0.1) is 0 Å². The normalized spacial score (nSPS) is 13.6. The molecule has 3 rings (SSSR count). The molecule has 1 aliphatic carbocycles. The molecule has 2 aromatic heterocycles. The van der Waals surface area contributed by atoms with Crippen molar-refractivity contribution < 1.29 is 4.74 Å². The van der Waals surface area contributed by atoms with Crippen LogP contribution in [0.5, 0.6) is 0 Å². The molecule has 1 saturated carbocycles. The molecule has 0 spiro atoms. The summed E-state index contributed by atoms with van der Waals surface area (Å²) in [5.41, 5.74) is 4.28. The van der Waals surface area contributed by atoms with Gasteiger partial charge in [0.05, 0.1) is 12.8 Å². The SMILES string of the molecule is COC(=C1CC1)c1cc(-c2ccncc2)n[nH]1. The van der Waals surface area contributed by atoms with Gasteiger partial charge in [0.1, 0.15) is 11.5 Å². The van der Waals surface area contributed by atoms with Crippen molar-refractivity contribution in [3.05, 3.63) is 41.9 Å². The van der Waals surface area contributed by atoms with Crippen LogP contribution in [0.3, 0.4) is 0 Å². The van der Waals surface area contributed by atoms with Crippen LogP contribution < -0.4 is 0 Å². The van der Waals surface area contributed by atoms with Gasteiger partial charge in [-0.15, -0.1) is 0 Å². The monoisotopic (exact) mass is 227 g/mol. The summed E-state index contributed by atoms with van der Waals surface area (Å²) in [6.45, 7) is 0. The Hall–Kier alpha value is -2.10. The van der Waals surface area contributed by atoms with Crippen LogP contribution in [0.1, 0.15) is 18.5 Å². The first-order valence-electron chi connectivity index (χ1n) is 5.60. The smallest absolute Gasteiger partial charge is 0.143 e. The highest BCUT2D eigenvalue weighted by atomic mass is 16.5. The van der Waals surface area contributed by atoms with Crippen LogP contribution in [-0.2, 0) is 4.74 Å². The van der Waals surface area contributed by atoms with E-state index in [0.717, 1.165) is 35.6 Å². The number of aromatic nitrogens is 3. The second kappa shape index (κ2) is 4.05. The number of nitrogens with zero attached hydrogens (tertiary/aromatic N) is 2. The largest absolute Gasteiger partial charge is 0.495 e. The lowest BCUT2D eigenvalue weighted by Gasteiger charge is -2.01. The second-order valence-corrected chi connectivity index (χ2v) is 4.04. The zero-order chi connectivity index (χ0) is 11.7. The van der Waals surface area contributed by atoms with E-state index in [1.54, 1.807) is 19.5 Å². The number of nitrogens with one attached hydrogen (secondary N) is 1. The van der Waals surface area contributed by atoms with E-state index in [2.05, 4.69) is 15.2 Å². The predicted octanol–water partition coefficient (Wildman–Crippen LogP) is 2.62. The standard InChI is InChI=1S/C13H13N3O/c1-17-13(10-2-3-10)12-8-11(15-16-12)9-4-6-14-7-5-9/h4-8H,2-3H2,1H3,(H,15,16). The Morgan fingerprint density at radius 2 is 2.06 bits per heavy atom. The Balaban J connectivity index is 1.96. The molecule has 0 unspecified atom stereocenters. The summed E-state index contributed by atoms with van der Waals surface area (Å²) in [7, 11) is 1.70. The number of hydrogen-bond donors (Lipinski definition) is 1. The quantitative estimate of drug-likeness (QED) is 0.820. The number of pyridine rings is 1. The van der Waals surface area contributed by atoms with Crippen molar-refractivity contribution in [3.63, 3.8) is 0 Å². The summed E-state index contributed by atoms with van der Waals surface area (Å²) >= 11 is 0. The fourth-order valence-corrected chi connectivity index (χ4v) is 1.84. The van der Waals surface area contributed by atoms with Crippen molar-refractivity contribution in [2.45, 2.75) is 12.8 Å². The highest BCUT2D eigenvalue weighted by Gasteiger charge is 2.21. The van der Waals surface area contributed by atoms with Crippen LogP contribution in [0.15, 0.2) is 36.2 Å². The lowest BCUT2D eigenvalue weighted by molar-refractivity contribution is 0.366. The number of methoxy groups -OCH3 is 1. The molecule has 0 amide bonds. The van der Waals surface area contributed by atoms with E-state index < -0.39 is 0 Å². The molecule has 0 aliphatic heterocycles. The predicted molar refractivity (Wildman–Crippen MR) is 65.0 cm³/mol. The minimum absolute atomic E-state index is 0.915. The average molecular weight is 227 g/mol. The van der Waals surface area contributed by atoms with Crippen molar-refractivity contribution in [3.8, 4) is 11.3 Å². The molecule has 86 valence electrons. The summed E-state index contributed by atoms with van der Waals surface area (Å²) in [5.74, 6) is 0.942. The van der Waals surface area contributed by atoms with Gasteiger partial charge in [0, 0.05) is 18.0 Å². The molecule has 0 saturated heterocycles. The van der Waals surface area contributed by atoms with E-state index in [0.29, 0.717) is 0 Å². The Kier molecular flexibility index (Phi) is 2.40. The van der Waals surface area contributed by atoms with E-state index in [4.69, 9.17) is 4.74 Å². The van der Waals surface area contributed by atoms with Crippen molar-refractivity contribution in [1.82, 2.24) is 15.2 Å². The summed E-state index contributed by atoms with van der Waals surface area (Å²) in [6.07, 6.45) is 5.79. The van der Waals surface area contributed by atoms with Gasteiger partial charge in [0.25, 0.3) is 0 Å². The third kappa shape index (κ3) is 1.93. The summed E-state index contributed by atoms with van der Waals surface area (Å²) in [5, 5.41) is 7.32. The Bertz CT molecular complexity index is 551. The number of aromatic amines is 1. The number of ether oxygens (including phenoxy) is 1. The van der Waals surface area contributed by atoms with Crippen LogP contribution in [0.4, 0.5) is 0 Å². The first kappa shape index (κ1) is 10.1. The van der Waals surface area contributed by atoms with Gasteiger partial charge in [-0.3, -0.25) is 10.1 Å². The first-order chi connectivity index (χ1) is 8.38. The topological polar surface area (TPSA) is 50.8 Å². The molecule has 4 heteroatoms. The van der Waals surface area contributed by atoms with Crippen molar-refractivity contribution in [2.24, 2.45) is 0 Å². The molecule has 4 nitrogen and oxygen atoms in total. The number of hydrogen-bond acceptors (Lipinski definition) is 3. The lowest BCUT2D eigenvalue weighted by atomic mass is 10.2. The van der Waals surface area contributed by atoms with Gasteiger partial charge < -0.3 is 4.74 Å². The molecule has 1 aliphatic rings. The maximum Gasteiger partial charge on any atom is 0.143 e. The van der Waals surface area contributed by atoms with Gasteiger partial charge >= 0.3 is 0 Å². The van der Waals surface area contributed by atoms with E-state index in [-0.39, 0.29) is 0 Å². The first-order valence-corrected chi connectivity index (χ1v) is 5.60. The molecule has 0 radical (unpaired) electrons. The highest BCUT2D eigenvalue weighted by molar-refractivity contribution is 5.68. The Labute approximate surface area is 99.3 Å². The van der Waals surface area contributed by atoms with Crippen LogP contribution in [0.25, 0.3) is 17.0 Å². The maximum atomic E-state index is 5.41. The van der Waals surface area contributed by atoms with Crippen molar-refractivity contribution >= 4 is 5.76 Å². The average Bonchev–Trinajstić information content (AvgIpc) is 3.09. The van der Waals surface area contributed by atoms with Gasteiger partial charge in [-0.05, 0) is 36.6 Å². The van der Waals surface area contributed by atoms with Crippen molar-refractivity contribution in [1.29, 1.82) is 0 Å². The van der Waals surface area contributed by atoms with Crippen LogP contribution in [-0.4, -0.2) is 22.3 Å². The third-order valence-corrected chi connectivity index (χ3v) is 2.82. The van der Waals surface area contributed by atoms with E-state index in [1.165, 1.54) is 5.57 Å². The third-order valence-electron chi connectivity index (χ3n) is 2.82. The molecule has 17 heavy (non-hydrogen) atoms. The molecule has 1 N–H and O–H groups in total. The van der Waals surface area contributed by atoms with Crippen molar-refractivity contribution in [2.75, 3.05) is 7.11 Å². The Morgan fingerprint density at radius 3 is 2.71 bits per heavy atom. The van der Waals surface area contributed by atoms with Gasteiger partial charge in [0.2, 0.25) is 0 Å². The van der Waals surface area contributed by atoms with E-state index >= 15 is 0 Å². The zero-order valence-corrected chi connectivity index (χ0v) is 9.60. The molecule has 0 bridgehead atoms. The summed E-state index contributed by atoms with van der Waals surface area (Å²) in [6, 6.07) is 5.90. The maximum absolute atomic E-state index is 5.41. The van der Waals surface area contributed by atoms with Gasteiger partial charge in [0.15, 0.2) is 0 Å². The molecule has 0 aromatic carbocycles. The Morgan fingerprint density at radius 1 is 1.29 bits per heavy atom. The fraction of sp³-hybridized carbons (Fsp3) is 0.231.